The Morgan fingerprint density at radius 3 is 2.23 bits per heavy atom. The molecule has 2 amide bonds. The Morgan fingerprint density at radius 2 is 1.60 bits per heavy atom. The van der Waals surface area contributed by atoms with Gasteiger partial charge in [0.25, 0.3) is 0 Å². The second-order valence-electron chi connectivity index (χ2n) is 11.9. The Hall–Kier alpha value is -2.66. The molecule has 7 rings (SSSR count). The molecule has 0 bridgehead atoms. The minimum absolute atomic E-state index is 0.150. The number of hydrogen-bond donors (Lipinski definition) is 0. The number of urea groups is 1. The van der Waals surface area contributed by atoms with Crippen LogP contribution in [0.15, 0.2) is 12.7 Å². The largest absolute Gasteiger partial charge is 0.408 e. The lowest BCUT2D eigenvalue weighted by atomic mass is 9.57. The van der Waals surface area contributed by atoms with Gasteiger partial charge in [0.1, 0.15) is 19.2 Å². The first-order valence-corrected chi connectivity index (χ1v) is 12.6. The van der Waals surface area contributed by atoms with Gasteiger partial charge in [0.15, 0.2) is 11.6 Å². The number of nitrogens with zero attached hydrogens (tertiary/aromatic N) is 8. The van der Waals surface area contributed by atoms with E-state index in [9.17, 15) is 18.0 Å². The van der Waals surface area contributed by atoms with Crippen molar-refractivity contribution >= 4 is 6.03 Å². The quantitative estimate of drug-likeness (QED) is 0.643. The van der Waals surface area contributed by atoms with Crippen LogP contribution in [0.2, 0.25) is 0 Å². The van der Waals surface area contributed by atoms with E-state index in [1.54, 1.807) is 0 Å². The van der Waals surface area contributed by atoms with E-state index in [0.717, 1.165) is 68.7 Å². The summed E-state index contributed by atoms with van der Waals surface area (Å²) in [6, 6.07) is 0.568. The highest BCUT2D eigenvalue weighted by atomic mass is 19.4. The van der Waals surface area contributed by atoms with Gasteiger partial charge in [-0.1, -0.05) is 0 Å². The number of likely N-dealkylation sites (tertiary alicyclic amines) is 2. The molecule has 5 fully saturated rings. The van der Waals surface area contributed by atoms with Crippen LogP contribution >= 0.6 is 0 Å². The average molecular weight is 491 g/mol. The van der Waals surface area contributed by atoms with Crippen molar-refractivity contribution in [2.24, 2.45) is 16.7 Å². The number of carbonyl (C=O) groups is 1. The van der Waals surface area contributed by atoms with E-state index in [0.29, 0.717) is 30.1 Å². The lowest BCUT2D eigenvalue weighted by Gasteiger charge is -2.63. The maximum Gasteiger partial charge on any atom is 0.408 e. The van der Waals surface area contributed by atoms with Crippen molar-refractivity contribution in [3.05, 3.63) is 24.3 Å². The zero-order chi connectivity index (χ0) is 24.0. The molecule has 0 atom stereocenters. The van der Waals surface area contributed by atoms with Crippen LogP contribution in [0.5, 0.6) is 0 Å². The summed E-state index contributed by atoms with van der Waals surface area (Å²) < 4.78 is 40.3. The fourth-order valence-electron chi connectivity index (χ4n) is 6.89. The molecule has 9 nitrogen and oxygen atoms in total. The summed E-state index contributed by atoms with van der Waals surface area (Å²) in [6.07, 6.45) is 5.87. The molecule has 2 aliphatic heterocycles. The van der Waals surface area contributed by atoms with Gasteiger partial charge in [-0.2, -0.15) is 23.4 Å². The second kappa shape index (κ2) is 7.19. The molecule has 2 spiro atoms. The van der Waals surface area contributed by atoms with Crippen molar-refractivity contribution in [1.82, 2.24) is 39.3 Å². The highest BCUT2D eigenvalue weighted by Gasteiger charge is 2.58. The van der Waals surface area contributed by atoms with Crippen molar-refractivity contribution in [3.8, 4) is 0 Å². The molecular weight excluding hydrogens is 461 g/mol. The van der Waals surface area contributed by atoms with Crippen molar-refractivity contribution in [3.63, 3.8) is 0 Å². The normalized spacial score (nSPS) is 25.3. The first kappa shape index (κ1) is 21.6. The van der Waals surface area contributed by atoms with Gasteiger partial charge in [0, 0.05) is 49.3 Å². The number of rotatable bonds is 5. The van der Waals surface area contributed by atoms with E-state index >= 15 is 0 Å². The molecule has 188 valence electrons. The van der Waals surface area contributed by atoms with Gasteiger partial charge in [-0.05, 0) is 44.4 Å². The van der Waals surface area contributed by atoms with E-state index in [1.807, 2.05) is 20.8 Å². The third kappa shape index (κ3) is 3.88. The standard InChI is InChI=1S/C23H29F3N8O/c24-23(25,26)12-33-13-27-18(29-33)3-15-4-21(5-15)8-31(9-21)20(35)32-10-22(11-32)6-17(7-22)34-14-28-19(30-34)16-1-2-16/h13-17H,1-12H2. The van der Waals surface area contributed by atoms with Gasteiger partial charge in [-0.25, -0.2) is 24.1 Å². The molecule has 2 aromatic heterocycles. The van der Waals surface area contributed by atoms with Gasteiger partial charge in [-0.15, -0.1) is 0 Å². The zero-order valence-corrected chi connectivity index (χ0v) is 19.5. The van der Waals surface area contributed by atoms with Gasteiger partial charge < -0.3 is 9.80 Å². The highest BCUT2D eigenvalue weighted by molar-refractivity contribution is 5.77. The summed E-state index contributed by atoms with van der Waals surface area (Å²) >= 11 is 0. The number of aromatic nitrogens is 6. The molecule has 0 radical (unpaired) electrons. The van der Waals surface area contributed by atoms with Crippen molar-refractivity contribution < 1.29 is 18.0 Å². The molecule has 4 heterocycles. The van der Waals surface area contributed by atoms with Crippen LogP contribution in [-0.4, -0.2) is 77.7 Å². The molecule has 0 unspecified atom stereocenters. The van der Waals surface area contributed by atoms with E-state index in [2.05, 4.69) is 20.2 Å². The predicted octanol–water partition coefficient (Wildman–Crippen LogP) is 3.02. The maximum absolute atomic E-state index is 12.9. The number of amides is 2. The summed E-state index contributed by atoms with van der Waals surface area (Å²) in [4.78, 5) is 25.3. The molecule has 35 heavy (non-hydrogen) atoms. The molecule has 2 aromatic rings. The smallest absolute Gasteiger partial charge is 0.323 e. The summed E-state index contributed by atoms with van der Waals surface area (Å²) in [7, 11) is 0. The van der Waals surface area contributed by atoms with Crippen LogP contribution < -0.4 is 0 Å². The van der Waals surface area contributed by atoms with Crippen molar-refractivity contribution in [2.45, 2.75) is 69.6 Å². The van der Waals surface area contributed by atoms with Gasteiger partial charge in [0.05, 0.1) is 6.04 Å². The number of alkyl halides is 3. The van der Waals surface area contributed by atoms with Crippen LogP contribution in [0.1, 0.15) is 62.1 Å². The Morgan fingerprint density at radius 1 is 0.943 bits per heavy atom. The first-order valence-electron chi connectivity index (χ1n) is 12.6. The summed E-state index contributed by atoms with van der Waals surface area (Å²) in [5.74, 6) is 2.42. The average Bonchev–Trinajstić information content (AvgIpc) is 3.24. The van der Waals surface area contributed by atoms with Crippen molar-refractivity contribution in [2.75, 3.05) is 26.2 Å². The van der Waals surface area contributed by atoms with Crippen LogP contribution in [0.4, 0.5) is 18.0 Å². The second-order valence-corrected chi connectivity index (χ2v) is 11.9. The topological polar surface area (TPSA) is 85.0 Å². The highest BCUT2D eigenvalue weighted by Crippen LogP contribution is 2.56. The molecule has 0 N–H and O–H groups in total. The Labute approximate surface area is 200 Å². The van der Waals surface area contributed by atoms with Gasteiger partial charge in [-0.3, -0.25) is 0 Å². The zero-order valence-electron chi connectivity index (χ0n) is 19.5. The van der Waals surface area contributed by atoms with Gasteiger partial charge >= 0.3 is 12.2 Å². The fourth-order valence-corrected chi connectivity index (χ4v) is 6.89. The Kier molecular flexibility index (Phi) is 4.44. The summed E-state index contributed by atoms with van der Waals surface area (Å²) in [5, 5.41) is 8.63. The Bertz CT molecular complexity index is 1130. The lowest BCUT2D eigenvalue weighted by Crippen LogP contribution is -2.71. The monoisotopic (exact) mass is 490 g/mol. The fraction of sp³-hybridized carbons (Fsp3) is 0.783. The Balaban J connectivity index is 0.832. The third-order valence-corrected chi connectivity index (χ3v) is 8.67. The first-order chi connectivity index (χ1) is 16.7. The minimum atomic E-state index is -4.29. The minimum Gasteiger partial charge on any atom is -0.323 e. The van der Waals surface area contributed by atoms with E-state index < -0.39 is 12.7 Å². The molecule has 5 aliphatic rings. The molecule has 3 saturated carbocycles. The van der Waals surface area contributed by atoms with Crippen molar-refractivity contribution in [1.29, 1.82) is 0 Å². The van der Waals surface area contributed by atoms with Crippen LogP contribution in [0.3, 0.4) is 0 Å². The van der Waals surface area contributed by atoms with Crippen LogP contribution in [0.25, 0.3) is 0 Å². The predicted molar refractivity (Wildman–Crippen MR) is 116 cm³/mol. The molecule has 3 aliphatic carbocycles. The van der Waals surface area contributed by atoms with E-state index in [1.165, 1.54) is 12.8 Å². The molecule has 0 aromatic carbocycles. The number of carbonyl (C=O) groups excluding carboxylic acids is 1. The molecule has 12 heteroatoms. The van der Waals surface area contributed by atoms with E-state index in [4.69, 9.17) is 0 Å². The maximum atomic E-state index is 12.9. The lowest BCUT2D eigenvalue weighted by molar-refractivity contribution is -0.142. The molecule has 2 saturated heterocycles. The van der Waals surface area contributed by atoms with Gasteiger partial charge in [0.2, 0.25) is 0 Å². The molecular formula is C23H29F3N8O. The summed E-state index contributed by atoms with van der Waals surface area (Å²) in [5.41, 5.74) is 0.448. The third-order valence-electron chi connectivity index (χ3n) is 8.67. The van der Waals surface area contributed by atoms with E-state index in [-0.39, 0.29) is 16.9 Å². The van der Waals surface area contributed by atoms with Crippen LogP contribution in [-0.2, 0) is 13.0 Å². The number of hydrogen-bond acceptors (Lipinski definition) is 5. The summed E-state index contributed by atoms with van der Waals surface area (Å²) in [6.45, 7) is 2.14. The number of halogens is 3. The van der Waals surface area contributed by atoms with Crippen LogP contribution in [0, 0.1) is 16.7 Å². The SMILES string of the molecule is O=C(N1CC2(CC(Cc3ncn(CC(F)(F)F)n3)C2)C1)N1CC2(CC(n3cnc(C4CC4)n3)C2)C1.